The van der Waals surface area contributed by atoms with Crippen molar-refractivity contribution in [1.82, 2.24) is 9.80 Å². The van der Waals surface area contributed by atoms with Gasteiger partial charge in [-0.15, -0.1) is 0 Å². The minimum Gasteiger partial charge on any atom is -0.334 e. The molecule has 2 aromatic carbocycles. The number of likely N-dealkylation sites (tertiary alicyclic amines) is 1. The van der Waals surface area contributed by atoms with Crippen LogP contribution < -0.4 is 0 Å². The number of hydrogen-bond acceptors (Lipinski definition) is 2. The summed E-state index contributed by atoms with van der Waals surface area (Å²) >= 11 is 0. The van der Waals surface area contributed by atoms with Crippen LogP contribution in [0.5, 0.6) is 0 Å². The molecule has 0 unspecified atom stereocenters. The Kier molecular flexibility index (Phi) is 5.26. The van der Waals surface area contributed by atoms with Crippen molar-refractivity contribution >= 4 is 11.8 Å². The normalized spacial score (nSPS) is 13.8. The predicted octanol–water partition coefficient (Wildman–Crippen LogP) is 2.84. The summed E-state index contributed by atoms with van der Waals surface area (Å²) in [5.41, 5.74) is 2.05. The topological polar surface area (TPSA) is 40.6 Å². The highest BCUT2D eigenvalue weighted by atomic mass is 16.2. The first kappa shape index (κ1) is 16.2. The van der Waals surface area contributed by atoms with E-state index >= 15 is 0 Å². The van der Waals surface area contributed by atoms with Crippen molar-refractivity contribution in [1.29, 1.82) is 0 Å². The van der Waals surface area contributed by atoms with Gasteiger partial charge in [-0.1, -0.05) is 60.7 Å². The van der Waals surface area contributed by atoms with Gasteiger partial charge in [-0.25, -0.2) is 0 Å². The number of rotatable bonds is 4. The van der Waals surface area contributed by atoms with Crippen LogP contribution in [0.25, 0.3) is 0 Å². The second kappa shape index (κ2) is 7.77. The van der Waals surface area contributed by atoms with Crippen LogP contribution in [0.4, 0.5) is 0 Å². The van der Waals surface area contributed by atoms with E-state index in [1.165, 1.54) is 0 Å². The van der Waals surface area contributed by atoms with Crippen molar-refractivity contribution in [3.63, 3.8) is 0 Å². The third-order valence-electron chi connectivity index (χ3n) is 4.30. The lowest BCUT2D eigenvalue weighted by Crippen LogP contribution is -2.43. The quantitative estimate of drug-likeness (QED) is 0.812. The number of nitrogens with zero attached hydrogens (tertiary/aromatic N) is 2. The molecule has 1 aliphatic rings. The SMILES string of the molecule is O=C(C(=O)N(Cc1ccccc1)Cc1ccccc1)N1CCCC1. The molecule has 4 nitrogen and oxygen atoms in total. The lowest BCUT2D eigenvalue weighted by molar-refractivity contribution is -0.152. The third-order valence-corrected chi connectivity index (χ3v) is 4.30. The number of carbonyl (C=O) groups is 2. The highest BCUT2D eigenvalue weighted by Crippen LogP contribution is 2.14. The van der Waals surface area contributed by atoms with Gasteiger partial charge in [0, 0.05) is 26.2 Å². The number of carbonyl (C=O) groups excluding carboxylic acids is 2. The summed E-state index contributed by atoms with van der Waals surface area (Å²) in [6.45, 7) is 2.26. The Bertz CT molecular complexity index is 638. The van der Waals surface area contributed by atoms with Gasteiger partial charge in [-0.3, -0.25) is 9.59 Å². The van der Waals surface area contributed by atoms with Crippen molar-refractivity contribution in [2.75, 3.05) is 13.1 Å². The average Bonchev–Trinajstić information content (AvgIpc) is 3.16. The van der Waals surface area contributed by atoms with Crippen LogP contribution in [0.2, 0.25) is 0 Å². The molecule has 0 radical (unpaired) electrons. The molecule has 0 aliphatic carbocycles. The summed E-state index contributed by atoms with van der Waals surface area (Å²) in [6.07, 6.45) is 1.97. The van der Waals surface area contributed by atoms with E-state index in [-0.39, 0.29) is 5.91 Å². The number of benzene rings is 2. The summed E-state index contributed by atoms with van der Waals surface area (Å²) in [5, 5.41) is 0. The maximum absolute atomic E-state index is 12.8. The van der Waals surface area contributed by atoms with Crippen molar-refractivity contribution in [2.45, 2.75) is 25.9 Å². The van der Waals surface area contributed by atoms with E-state index in [4.69, 9.17) is 0 Å². The third kappa shape index (κ3) is 4.02. The van der Waals surface area contributed by atoms with Gasteiger partial charge in [0.1, 0.15) is 0 Å². The van der Waals surface area contributed by atoms with Gasteiger partial charge < -0.3 is 9.80 Å². The van der Waals surface area contributed by atoms with Gasteiger partial charge in [0.15, 0.2) is 0 Å². The molecular formula is C20H22N2O2. The molecule has 24 heavy (non-hydrogen) atoms. The summed E-state index contributed by atoms with van der Waals surface area (Å²) in [5.74, 6) is -0.788. The molecule has 1 heterocycles. The minimum atomic E-state index is -0.412. The van der Waals surface area contributed by atoms with Crippen LogP contribution in [0.1, 0.15) is 24.0 Å². The molecule has 0 saturated carbocycles. The summed E-state index contributed by atoms with van der Waals surface area (Å²) in [4.78, 5) is 28.6. The fraction of sp³-hybridized carbons (Fsp3) is 0.300. The van der Waals surface area contributed by atoms with Crippen LogP contribution >= 0.6 is 0 Å². The largest absolute Gasteiger partial charge is 0.334 e. The standard InChI is InChI=1S/C20H22N2O2/c23-19(21-13-7-8-14-21)20(24)22(15-17-9-3-1-4-10-17)16-18-11-5-2-6-12-18/h1-6,9-12H,7-8,13-16H2. The van der Waals surface area contributed by atoms with Crippen molar-refractivity contribution < 1.29 is 9.59 Å². The van der Waals surface area contributed by atoms with E-state index in [1.807, 2.05) is 60.7 Å². The molecule has 0 aromatic heterocycles. The van der Waals surface area contributed by atoms with E-state index in [2.05, 4.69) is 0 Å². The molecule has 0 spiro atoms. The average molecular weight is 322 g/mol. The molecule has 2 amide bonds. The molecular weight excluding hydrogens is 300 g/mol. The maximum atomic E-state index is 12.8. The second-order valence-corrected chi connectivity index (χ2v) is 6.13. The second-order valence-electron chi connectivity index (χ2n) is 6.13. The first-order chi connectivity index (χ1) is 11.7. The van der Waals surface area contributed by atoms with Crippen LogP contribution in [-0.4, -0.2) is 34.7 Å². The zero-order valence-corrected chi connectivity index (χ0v) is 13.7. The van der Waals surface area contributed by atoms with Crippen LogP contribution in [-0.2, 0) is 22.7 Å². The molecule has 1 fully saturated rings. The Balaban J connectivity index is 1.77. The Morgan fingerprint density at radius 3 is 1.71 bits per heavy atom. The first-order valence-electron chi connectivity index (χ1n) is 8.40. The lowest BCUT2D eigenvalue weighted by atomic mass is 10.1. The molecule has 2 aromatic rings. The summed E-state index contributed by atoms with van der Waals surface area (Å²) in [6, 6.07) is 19.6. The van der Waals surface area contributed by atoms with E-state index in [0.29, 0.717) is 26.2 Å². The Hall–Kier alpha value is -2.62. The Labute approximate surface area is 142 Å². The van der Waals surface area contributed by atoms with E-state index in [1.54, 1.807) is 9.80 Å². The molecule has 0 bridgehead atoms. The predicted molar refractivity (Wildman–Crippen MR) is 93.0 cm³/mol. The molecule has 1 aliphatic heterocycles. The van der Waals surface area contributed by atoms with Gasteiger partial charge in [-0.05, 0) is 24.0 Å². The molecule has 0 N–H and O–H groups in total. The molecule has 3 rings (SSSR count). The minimum absolute atomic E-state index is 0.376. The monoisotopic (exact) mass is 322 g/mol. The van der Waals surface area contributed by atoms with Gasteiger partial charge in [0.25, 0.3) is 0 Å². The zero-order chi connectivity index (χ0) is 16.8. The molecule has 124 valence electrons. The molecule has 4 heteroatoms. The van der Waals surface area contributed by atoms with Gasteiger partial charge in [-0.2, -0.15) is 0 Å². The van der Waals surface area contributed by atoms with Gasteiger partial charge >= 0.3 is 11.8 Å². The van der Waals surface area contributed by atoms with Crippen molar-refractivity contribution in [2.24, 2.45) is 0 Å². The maximum Gasteiger partial charge on any atom is 0.312 e. The summed E-state index contributed by atoms with van der Waals surface area (Å²) < 4.78 is 0. The van der Waals surface area contributed by atoms with Crippen LogP contribution in [0.3, 0.4) is 0 Å². The Morgan fingerprint density at radius 2 is 1.25 bits per heavy atom. The Morgan fingerprint density at radius 1 is 0.792 bits per heavy atom. The fourth-order valence-corrected chi connectivity index (χ4v) is 3.00. The zero-order valence-electron chi connectivity index (χ0n) is 13.7. The van der Waals surface area contributed by atoms with Crippen molar-refractivity contribution in [3.8, 4) is 0 Å². The fourth-order valence-electron chi connectivity index (χ4n) is 3.00. The van der Waals surface area contributed by atoms with Crippen LogP contribution in [0.15, 0.2) is 60.7 Å². The lowest BCUT2D eigenvalue weighted by Gasteiger charge is -2.25. The van der Waals surface area contributed by atoms with Crippen molar-refractivity contribution in [3.05, 3.63) is 71.8 Å². The highest BCUT2D eigenvalue weighted by Gasteiger charge is 2.28. The molecule has 0 atom stereocenters. The highest BCUT2D eigenvalue weighted by molar-refractivity contribution is 6.34. The molecule has 1 saturated heterocycles. The van der Waals surface area contributed by atoms with Gasteiger partial charge in [0.2, 0.25) is 0 Å². The smallest absolute Gasteiger partial charge is 0.312 e. The number of hydrogen-bond donors (Lipinski definition) is 0. The number of amides is 2. The van der Waals surface area contributed by atoms with Gasteiger partial charge in [0.05, 0.1) is 0 Å². The van der Waals surface area contributed by atoms with E-state index in [0.717, 1.165) is 24.0 Å². The van der Waals surface area contributed by atoms with Crippen LogP contribution in [0, 0.1) is 0 Å². The van der Waals surface area contributed by atoms with E-state index < -0.39 is 5.91 Å². The first-order valence-corrected chi connectivity index (χ1v) is 8.40. The van der Waals surface area contributed by atoms with E-state index in [9.17, 15) is 9.59 Å². The summed E-state index contributed by atoms with van der Waals surface area (Å²) in [7, 11) is 0.